The highest BCUT2D eigenvalue weighted by Crippen LogP contribution is 2.32. The lowest BCUT2D eigenvalue weighted by Crippen LogP contribution is -2.34. The molecule has 0 bridgehead atoms. The van der Waals surface area contributed by atoms with E-state index in [9.17, 15) is 0 Å². The summed E-state index contributed by atoms with van der Waals surface area (Å²) in [7, 11) is 0. The smallest absolute Gasteiger partial charge is 0.231 e. The highest BCUT2D eigenvalue weighted by Gasteiger charge is 2.16. The molecule has 0 radical (unpaired) electrons. The number of ether oxygens (including phenoxy) is 2. The Kier molecular flexibility index (Phi) is 5.96. The minimum Gasteiger partial charge on any atom is -0.454 e. The first-order valence-electron chi connectivity index (χ1n) is 7.23. The number of hydrogen-bond acceptors (Lipinski definition) is 3. The summed E-state index contributed by atoms with van der Waals surface area (Å²) in [6.07, 6.45) is 4.83. The molecule has 0 atom stereocenters. The number of nitrogens with zero attached hydrogens (tertiary/aromatic N) is 1. The van der Waals surface area contributed by atoms with E-state index in [-0.39, 0.29) is 24.0 Å². The maximum atomic E-state index is 5.85. The third-order valence-corrected chi connectivity index (χ3v) is 3.90. The van der Waals surface area contributed by atoms with E-state index in [1.54, 1.807) is 0 Å². The first-order chi connectivity index (χ1) is 9.81. The van der Waals surface area contributed by atoms with Gasteiger partial charge in [-0.25, -0.2) is 0 Å². The lowest BCUT2D eigenvalue weighted by atomic mass is 9.86. The lowest BCUT2D eigenvalue weighted by Gasteiger charge is -2.23. The number of aliphatic imine (C=N–C) groups is 1. The Labute approximate surface area is 142 Å². The molecule has 0 saturated heterocycles. The summed E-state index contributed by atoms with van der Waals surface area (Å²) < 4.78 is 10.6. The third-order valence-electron chi connectivity index (χ3n) is 3.90. The van der Waals surface area contributed by atoms with Crippen LogP contribution in [-0.2, 0) is 6.42 Å². The predicted octanol–water partition coefficient (Wildman–Crippen LogP) is 2.28. The zero-order valence-corrected chi connectivity index (χ0v) is 14.3. The molecule has 1 saturated carbocycles. The van der Waals surface area contributed by atoms with E-state index < -0.39 is 0 Å². The Morgan fingerprint density at radius 3 is 2.86 bits per heavy atom. The molecule has 5 nitrogen and oxygen atoms in total. The van der Waals surface area contributed by atoms with Crippen molar-refractivity contribution in [3.8, 4) is 11.5 Å². The molecule has 0 spiro atoms. The molecule has 0 unspecified atom stereocenters. The van der Waals surface area contributed by atoms with Gasteiger partial charge in [-0.3, -0.25) is 4.99 Å². The molecule has 116 valence electrons. The van der Waals surface area contributed by atoms with Crippen molar-refractivity contribution in [3.05, 3.63) is 23.8 Å². The summed E-state index contributed by atoms with van der Waals surface area (Å²) in [6, 6.07) is 6.02. The van der Waals surface area contributed by atoms with Gasteiger partial charge in [0.2, 0.25) is 6.79 Å². The second-order valence-corrected chi connectivity index (χ2v) is 5.39. The molecule has 21 heavy (non-hydrogen) atoms. The molecule has 1 fully saturated rings. The summed E-state index contributed by atoms with van der Waals surface area (Å²) in [4.78, 5) is 4.37. The van der Waals surface area contributed by atoms with E-state index in [1.807, 2.05) is 12.1 Å². The molecule has 3 rings (SSSR count). The fraction of sp³-hybridized carbons (Fsp3) is 0.533. The first kappa shape index (κ1) is 16.2. The Bertz CT molecular complexity index is 504. The van der Waals surface area contributed by atoms with Crippen LogP contribution in [0.1, 0.15) is 24.8 Å². The van der Waals surface area contributed by atoms with Crippen molar-refractivity contribution >= 4 is 29.9 Å². The molecule has 3 N–H and O–H groups in total. The van der Waals surface area contributed by atoms with Gasteiger partial charge in [0.25, 0.3) is 0 Å². The van der Waals surface area contributed by atoms with Crippen LogP contribution in [0.4, 0.5) is 0 Å². The van der Waals surface area contributed by atoms with E-state index in [0.29, 0.717) is 12.8 Å². The molecule has 1 aliphatic heterocycles. The van der Waals surface area contributed by atoms with Gasteiger partial charge in [-0.2, -0.15) is 0 Å². The van der Waals surface area contributed by atoms with Crippen molar-refractivity contribution in [3.63, 3.8) is 0 Å². The minimum absolute atomic E-state index is 0. The second kappa shape index (κ2) is 7.72. The van der Waals surface area contributed by atoms with Gasteiger partial charge in [-0.05, 0) is 42.9 Å². The Balaban J connectivity index is 0.00000161. The number of fused-ring (bicyclic) bond motifs is 1. The number of benzene rings is 1. The standard InChI is InChI=1S/C15H21N3O2.HI/c16-15(18-9-12-2-1-3-12)17-7-6-11-4-5-13-14(8-11)20-10-19-13;/h4-5,8,12H,1-3,6-7,9-10H2,(H3,16,17,18);1H. The molecule has 0 aromatic heterocycles. The molecular formula is C15H22IN3O2. The van der Waals surface area contributed by atoms with Crippen molar-refractivity contribution in [1.29, 1.82) is 0 Å². The Morgan fingerprint density at radius 1 is 1.29 bits per heavy atom. The summed E-state index contributed by atoms with van der Waals surface area (Å²) in [5.74, 6) is 2.96. The summed E-state index contributed by atoms with van der Waals surface area (Å²) in [5, 5.41) is 3.16. The Hall–Kier alpha value is -1.18. The van der Waals surface area contributed by atoms with Gasteiger partial charge in [0.05, 0.1) is 0 Å². The van der Waals surface area contributed by atoms with Gasteiger partial charge in [-0.1, -0.05) is 12.5 Å². The van der Waals surface area contributed by atoms with Crippen LogP contribution in [0.15, 0.2) is 23.2 Å². The molecule has 1 aromatic carbocycles. The monoisotopic (exact) mass is 403 g/mol. The highest BCUT2D eigenvalue weighted by atomic mass is 127. The van der Waals surface area contributed by atoms with E-state index in [0.717, 1.165) is 36.9 Å². The molecule has 1 heterocycles. The van der Waals surface area contributed by atoms with Gasteiger partial charge < -0.3 is 20.5 Å². The first-order valence-corrected chi connectivity index (χ1v) is 7.23. The van der Waals surface area contributed by atoms with E-state index in [1.165, 1.54) is 24.8 Å². The number of rotatable bonds is 5. The highest BCUT2D eigenvalue weighted by molar-refractivity contribution is 14.0. The third kappa shape index (κ3) is 4.39. The van der Waals surface area contributed by atoms with Crippen LogP contribution >= 0.6 is 24.0 Å². The van der Waals surface area contributed by atoms with E-state index in [2.05, 4.69) is 16.4 Å². The van der Waals surface area contributed by atoms with Crippen LogP contribution in [0.2, 0.25) is 0 Å². The van der Waals surface area contributed by atoms with Gasteiger partial charge >= 0.3 is 0 Å². The summed E-state index contributed by atoms with van der Waals surface area (Å²) in [5.41, 5.74) is 7.05. The van der Waals surface area contributed by atoms with Crippen LogP contribution in [0, 0.1) is 5.92 Å². The van der Waals surface area contributed by atoms with Crippen molar-refractivity contribution in [1.82, 2.24) is 5.32 Å². The predicted molar refractivity (Wildman–Crippen MR) is 93.5 cm³/mol. The second-order valence-electron chi connectivity index (χ2n) is 5.39. The van der Waals surface area contributed by atoms with E-state index >= 15 is 0 Å². The number of halogens is 1. The van der Waals surface area contributed by atoms with Crippen LogP contribution in [-0.4, -0.2) is 25.8 Å². The average Bonchev–Trinajstić information content (AvgIpc) is 2.84. The maximum absolute atomic E-state index is 5.85. The fourth-order valence-corrected chi connectivity index (χ4v) is 2.39. The van der Waals surface area contributed by atoms with Crippen LogP contribution in [0.5, 0.6) is 11.5 Å². The minimum atomic E-state index is 0. The van der Waals surface area contributed by atoms with Crippen molar-refractivity contribution in [2.45, 2.75) is 25.7 Å². The Morgan fingerprint density at radius 2 is 2.10 bits per heavy atom. The van der Waals surface area contributed by atoms with Crippen molar-refractivity contribution < 1.29 is 9.47 Å². The van der Waals surface area contributed by atoms with Gasteiger partial charge in [0.1, 0.15) is 0 Å². The zero-order valence-electron chi connectivity index (χ0n) is 12.0. The largest absolute Gasteiger partial charge is 0.454 e. The normalized spacial score (nSPS) is 17.0. The zero-order chi connectivity index (χ0) is 13.8. The maximum Gasteiger partial charge on any atom is 0.231 e. The van der Waals surface area contributed by atoms with Crippen LogP contribution < -0.4 is 20.5 Å². The van der Waals surface area contributed by atoms with Gasteiger partial charge in [0.15, 0.2) is 17.5 Å². The lowest BCUT2D eigenvalue weighted by molar-refractivity contribution is 0.174. The quantitative estimate of drug-likeness (QED) is 0.450. The molecule has 1 aliphatic carbocycles. The van der Waals surface area contributed by atoms with Gasteiger partial charge in [-0.15, -0.1) is 24.0 Å². The number of guanidine groups is 1. The van der Waals surface area contributed by atoms with Crippen LogP contribution in [0.3, 0.4) is 0 Å². The number of nitrogens with two attached hydrogens (primary N) is 1. The number of nitrogens with one attached hydrogen (secondary N) is 1. The topological polar surface area (TPSA) is 68.9 Å². The molecule has 0 amide bonds. The van der Waals surface area contributed by atoms with Crippen molar-refractivity contribution in [2.75, 3.05) is 19.9 Å². The molecular weight excluding hydrogens is 381 g/mol. The summed E-state index contributed by atoms with van der Waals surface area (Å²) in [6.45, 7) is 1.96. The van der Waals surface area contributed by atoms with Gasteiger partial charge in [0, 0.05) is 13.1 Å². The van der Waals surface area contributed by atoms with E-state index in [4.69, 9.17) is 15.2 Å². The molecule has 2 aliphatic rings. The van der Waals surface area contributed by atoms with Crippen LogP contribution in [0.25, 0.3) is 0 Å². The molecule has 1 aromatic rings. The SMILES string of the molecule is I.NC(=NCC1CCC1)NCCc1ccc2c(c1)OCO2. The molecule has 6 heteroatoms. The average molecular weight is 403 g/mol. The fourth-order valence-electron chi connectivity index (χ4n) is 2.39. The number of hydrogen-bond donors (Lipinski definition) is 2. The van der Waals surface area contributed by atoms with Crippen molar-refractivity contribution in [2.24, 2.45) is 16.6 Å². The summed E-state index contributed by atoms with van der Waals surface area (Å²) >= 11 is 0.